The van der Waals surface area contributed by atoms with Crippen molar-refractivity contribution in [3.63, 3.8) is 0 Å². The standard InChI is InChI=1S/C13H18N6O6S4.Na/c1-18(2)13(26)28-5-7-9(11(21)19(7)29(22,23)24)16-10(20)8(17-25-3)6-4-27-12(14)15-6;/h4,7,9H,5H2,1-3H3,(H2,14,15)(H,16,20)(H,22,23,24);/q;+1/p-1/b17-8+;/t7-,9+;/m1./s1. The summed E-state index contributed by atoms with van der Waals surface area (Å²) < 4.78 is 33.0. The van der Waals surface area contributed by atoms with Gasteiger partial charge in [-0.1, -0.05) is 29.1 Å². The van der Waals surface area contributed by atoms with Crippen LogP contribution in [-0.4, -0.2) is 88.0 Å². The number of nitrogens with two attached hydrogens (primary N) is 1. The molecule has 2 atom stereocenters. The number of anilines is 1. The zero-order valence-corrected chi connectivity index (χ0v) is 21.6. The van der Waals surface area contributed by atoms with E-state index in [4.69, 9.17) is 18.0 Å². The van der Waals surface area contributed by atoms with Crippen LogP contribution in [0.5, 0.6) is 0 Å². The van der Waals surface area contributed by atoms with E-state index in [0.29, 0.717) is 4.32 Å². The van der Waals surface area contributed by atoms with Crippen molar-refractivity contribution >= 4 is 72.6 Å². The fourth-order valence-corrected chi connectivity index (χ4v) is 4.86. The summed E-state index contributed by atoms with van der Waals surface area (Å²) in [6, 6.07) is -2.45. The number of hydrogen-bond acceptors (Lipinski definition) is 12. The molecule has 0 radical (unpaired) electrons. The number of nitrogen functional groups attached to an aromatic ring is 1. The molecule has 0 aromatic carbocycles. The number of carbonyl (C=O) groups excluding carboxylic acids is 1. The second-order valence-electron chi connectivity index (χ2n) is 5.72. The molecule has 1 amide bonds. The van der Waals surface area contributed by atoms with Crippen molar-refractivity contribution in [2.24, 2.45) is 10.1 Å². The molecule has 1 aliphatic heterocycles. The summed E-state index contributed by atoms with van der Waals surface area (Å²) in [5.41, 5.74) is 5.35. The Hall–Kier alpha value is -1.01. The van der Waals surface area contributed by atoms with Gasteiger partial charge in [0, 0.05) is 31.1 Å². The number of aromatic nitrogens is 1. The second-order valence-corrected chi connectivity index (χ2v) is 9.56. The van der Waals surface area contributed by atoms with Gasteiger partial charge in [0.15, 0.2) is 11.2 Å². The monoisotopic (exact) mass is 504 g/mol. The summed E-state index contributed by atoms with van der Waals surface area (Å²) in [6.45, 7) is 0. The van der Waals surface area contributed by atoms with Crippen LogP contribution < -0.4 is 40.4 Å². The number of β-lactam (4-membered cyclic amide) rings is 1. The third-order valence-electron chi connectivity index (χ3n) is 3.53. The summed E-state index contributed by atoms with van der Waals surface area (Å²) in [6.07, 6.45) is 0. The van der Waals surface area contributed by atoms with Crippen molar-refractivity contribution in [1.82, 2.24) is 14.2 Å². The Kier molecular flexibility index (Phi) is 9.94. The molecular weight excluding hydrogens is 487 g/mol. The van der Waals surface area contributed by atoms with Gasteiger partial charge in [0.25, 0.3) is 5.91 Å². The van der Waals surface area contributed by atoms with E-state index in [9.17, 15) is 22.9 Å². The molecule has 2 rings (SSSR count). The number of thioether (sulfide) groups is 1. The van der Waals surface area contributed by atoms with Crippen molar-refractivity contribution in [2.45, 2.75) is 12.1 Å². The van der Waals surface area contributed by atoms with E-state index in [1.54, 1.807) is 19.0 Å². The molecule has 1 aliphatic rings. The second kappa shape index (κ2) is 11.0. The van der Waals surface area contributed by atoms with Gasteiger partial charge in [-0.2, -0.15) is 8.42 Å². The van der Waals surface area contributed by atoms with Crippen molar-refractivity contribution in [3.05, 3.63) is 11.1 Å². The zero-order valence-electron chi connectivity index (χ0n) is 16.4. The minimum absolute atomic E-state index is 0. The molecule has 0 saturated carbocycles. The number of thiazole rings is 1. The van der Waals surface area contributed by atoms with Crippen molar-refractivity contribution in [3.8, 4) is 0 Å². The molecule has 1 aromatic heterocycles. The SMILES string of the molecule is CO/N=C(/C([O-])=N[C@@H]1C(=O)N(S(=O)(=O)O)[C@@H]1CSC(=S)N(C)C)c1csc(N)n1.[Na+]. The van der Waals surface area contributed by atoms with Gasteiger partial charge in [0.2, 0.25) is 0 Å². The average Bonchev–Trinajstić information content (AvgIpc) is 3.04. The minimum Gasteiger partial charge on any atom is -0.857 e. The molecule has 17 heteroatoms. The minimum atomic E-state index is -4.82. The van der Waals surface area contributed by atoms with Crippen LogP contribution in [0.3, 0.4) is 0 Å². The first-order valence-corrected chi connectivity index (χ1v) is 11.4. The normalized spacial score (nSPS) is 19.7. The van der Waals surface area contributed by atoms with Crippen molar-refractivity contribution < 1.29 is 57.3 Å². The Morgan fingerprint density at radius 1 is 1.57 bits per heavy atom. The van der Waals surface area contributed by atoms with Gasteiger partial charge in [-0.15, -0.1) is 11.3 Å². The van der Waals surface area contributed by atoms with E-state index in [1.807, 2.05) is 0 Å². The van der Waals surface area contributed by atoms with Gasteiger partial charge in [0.1, 0.15) is 22.8 Å². The van der Waals surface area contributed by atoms with Crippen LogP contribution in [0, 0.1) is 0 Å². The molecular formula is C13H17N6NaO6S4. The number of amides is 1. The quantitative estimate of drug-likeness (QED) is 0.0701. The number of oxime groups is 1. The van der Waals surface area contributed by atoms with Gasteiger partial charge in [-0.05, 0) is 0 Å². The van der Waals surface area contributed by atoms with E-state index in [0.717, 1.165) is 23.1 Å². The Morgan fingerprint density at radius 2 is 2.20 bits per heavy atom. The summed E-state index contributed by atoms with van der Waals surface area (Å²) in [5.74, 6) is -2.00. The number of aliphatic imine (C=N–C) groups is 1. The van der Waals surface area contributed by atoms with Crippen LogP contribution >= 0.6 is 35.3 Å². The molecule has 1 saturated heterocycles. The van der Waals surface area contributed by atoms with E-state index in [2.05, 4.69) is 20.0 Å². The topological polar surface area (TPSA) is 174 Å². The Balaban J connectivity index is 0.00000450. The molecule has 12 nitrogen and oxygen atoms in total. The predicted molar refractivity (Wildman–Crippen MR) is 112 cm³/mol. The number of hydrogen-bond donors (Lipinski definition) is 2. The number of carbonyl (C=O) groups is 1. The summed E-state index contributed by atoms with van der Waals surface area (Å²) >= 11 is 7.25. The van der Waals surface area contributed by atoms with Gasteiger partial charge in [-0.25, -0.2) is 9.29 Å². The summed E-state index contributed by atoms with van der Waals surface area (Å²) in [4.78, 5) is 26.2. The smallest absolute Gasteiger partial charge is 0.857 e. The third kappa shape index (κ3) is 6.25. The summed E-state index contributed by atoms with van der Waals surface area (Å²) in [5, 5.41) is 17.8. The van der Waals surface area contributed by atoms with E-state index in [-0.39, 0.29) is 56.2 Å². The first-order valence-electron chi connectivity index (χ1n) is 7.69. The summed E-state index contributed by atoms with van der Waals surface area (Å²) in [7, 11) is -0.224. The van der Waals surface area contributed by atoms with E-state index < -0.39 is 34.2 Å². The third-order valence-corrected chi connectivity index (χ3v) is 6.99. The Labute approximate surface area is 208 Å². The predicted octanol–water partition coefficient (Wildman–Crippen LogP) is -4.20. The maximum absolute atomic E-state index is 12.6. The molecule has 0 aliphatic carbocycles. The first kappa shape index (κ1) is 27.0. The Bertz CT molecular complexity index is 965. The maximum atomic E-state index is 12.6. The number of thiocarbonyl (C=S) groups is 1. The van der Waals surface area contributed by atoms with Crippen LogP contribution in [0.25, 0.3) is 0 Å². The number of rotatable bonds is 7. The average molecular weight is 505 g/mol. The number of nitrogens with zero attached hydrogens (tertiary/aromatic N) is 5. The molecule has 0 bridgehead atoms. The van der Waals surface area contributed by atoms with Crippen molar-refractivity contribution in [2.75, 3.05) is 32.7 Å². The van der Waals surface area contributed by atoms with E-state index >= 15 is 0 Å². The largest absolute Gasteiger partial charge is 1.00 e. The molecule has 0 unspecified atom stereocenters. The van der Waals surface area contributed by atoms with Gasteiger partial charge in [-0.3, -0.25) is 14.3 Å². The molecule has 30 heavy (non-hydrogen) atoms. The van der Waals surface area contributed by atoms with E-state index in [1.165, 1.54) is 12.5 Å². The van der Waals surface area contributed by atoms with Crippen LogP contribution in [0.2, 0.25) is 0 Å². The maximum Gasteiger partial charge on any atom is 1.00 e. The van der Waals surface area contributed by atoms with Crippen LogP contribution in [0.1, 0.15) is 5.69 Å². The van der Waals surface area contributed by atoms with Crippen molar-refractivity contribution in [1.29, 1.82) is 0 Å². The fraction of sp³-hybridized carbons (Fsp3) is 0.462. The molecule has 0 spiro atoms. The Morgan fingerprint density at radius 3 is 2.67 bits per heavy atom. The molecule has 160 valence electrons. The van der Waals surface area contributed by atoms with Crippen LogP contribution in [0.15, 0.2) is 15.5 Å². The zero-order chi connectivity index (χ0) is 21.9. The fourth-order valence-electron chi connectivity index (χ4n) is 2.25. The molecule has 2 heterocycles. The molecule has 1 fully saturated rings. The first-order chi connectivity index (χ1) is 13.5. The van der Waals surface area contributed by atoms with Gasteiger partial charge in [0.05, 0.1) is 6.04 Å². The molecule has 3 N–H and O–H groups in total. The van der Waals surface area contributed by atoms with Crippen LogP contribution in [0.4, 0.5) is 5.13 Å². The van der Waals surface area contributed by atoms with Gasteiger partial charge < -0.3 is 20.6 Å². The molecule has 1 aromatic rings. The van der Waals surface area contributed by atoms with Crippen LogP contribution in [-0.2, 0) is 19.9 Å². The van der Waals surface area contributed by atoms with Gasteiger partial charge >= 0.3 is 39.9 Å².